The fraction of sp³-hybridized carbons (Fsp3) is 0.500. The monoisotopic (exact) mass is 295 g/mol. The second-order valence-corrected chi connectivity index (χ2v) is 4.46. The molecule has 0 fully saturated rings. The van der Waals surface area contributed by atoms with E-state index < -0.39 is 4.92 Å². The molecule has 0 bridgehead atoms. The van der Waals surface area contributed by atoms with Crippen LogP contribution in [0.15, 0.2) is 18.2 Å². The molecule has 116 valence electrons. The molecule has 1 aromatic carbocycles. The van der Waals surface area contributed by atoms with E-state index in [-0.39, 0.29) is 11.6 Å². The molecule has 0 aromatic heterocycles. The van der Waals surface area contributed by atoms with Gasteiger partial charge in [-0.1, -0.05) is 6.92 Å². The van der Waals surface area contributed by atoms with Gasteiger partial charge in [0.2, 0.25) is 0 Å². The lowest BCUT2D eigenvalue weighted by Crippen LogP contribution is -2.25. The van der Waals surface area contributed by atoms with E-state index in [9.17, 15) is 14.9 Å². The normalized spacial score (nSPS) is 10.2. The van der Waals surface area contributed by atoms with Crippen molar-refractivity contribution in [3.8, 4) is 0 Å². The number of carbonyl (C=O) groups excluding carboxylic acids is 1. The van der Waals surface area contributed by atoms with Crippen LogP contribution in [-0.4, -0.2) is 37.6 Å². The first-order valence-corrected chi connectivity index (χ1v) is 6.92. The largest absolute Gasteiger partial charge is 0.383 e. The SMILES string of the molecule is CCCOCCCNC(=O)c1ccc([N+](=O)[O-])c(NC)c1. The summed E-state index contributed by atoms with van der Waals surface area (Å²) >= 11 is 0. The average molecular weight is 295 g/mol. The van der Waals surface area contributed by atoms with Gasteiger partial charge in [-0.05, 0) is 25.0 Å². The first-order valence-electron chi connectivity index (χ1n) is 6.92. The van der Waals surface area contributed by atoms with Crippen molar-refractivity contribution >= 4 is 17.3 Å². The summed E-state index contributed by atoms with van der Waals surface area (Å²) in [5.41, 5.74) is 0.653. The minimum atomic E-state index is -0.488. The van der Waals surface area contributed by atoms with Crippen LogP contribution < -0.4 is 10.6 Å². The predicted molar refractivity (Wildman–Crippen MR) is 80.7 cm³/mol. The minimum Gasteiger partial charge on any atom is -0.383 e. The Morgan fingerprint density at radius 1 is 1.38 bits per heavy atom. The molecule has 0 heterocycles. The van der Waals surface area contributed by atoms with Crippen molar-refractivity contribution in [2.24, 2.45) is 0 Å². The minimum absolute atomic E-state index is 0.0537. The van der Waals surface area contributed by atoms with Gasteiger partial charge in [0.1, 0.15) is 5.69 Å². The summed E-state index contributed by atoms with van der Waals surface area (Å²) < 4.78 is 5.31. The molecule has 0 saturated heterocycles. The van der Waals surface area contributed by atoms with Crippen LogP contribution in [0.3, 0.4) is 0 Å². The third-order valence-electron chi connectivity index (χ3n) is 2.82. The molecule has 0 radical (unpaired) electrons. The number of benzene rings is 1. The maximum Gasteiger partial charge on any atom is 0.292 e. The molecular weight excluding hydrogens is 274 g/mol. The lowest BCUT2D eigenvalue weighted by molar-refractivity contribution is -0.383. The van der Waals surface area contributed by atoms with Crippen LogP contribution in [0.2, 0.25) is 0 Å². The molecule has 0 unspecified atom stereocenters. The van der Waals surface area contributed by atoms with E-state index in [0.29, 0.717) is 24.4 Å². The highest BCUT2D eigenvalue weighted by Gasteiger charge is 2.15. The zero-order chi connectivity index (χ0) is 15.7. The molecule has 0 aliphatic heterocycles. The molecule has 0 saturated carbocycles. The zero-order valence-corrected chi connectivity index (χ0v) is 12.3. The summed E-state index contributed by atoms with van der Waals surface area (Å²) in [6, 6.07) is 4.24. The maximum absolute atomic E-state index is 11.9. The number of rotatable bonds is 9. The number of nitrogens with zero attached hydrogens (tertiary/aromatic N) is 1. The Labute approximate surface area is 123 Å². The van der Waals surface area contributed by atoms with E-state index in [4.69, 9.17) is 4.74 Å². The van der Waals surface area contributed by atoms with Gasteiger partial charge in [0, 0.05) is 38.4 Å². The van der Waals surface area contributed by atoms with E-state index in [0.717, 1.165) is 19.4 Å². The third-order valence-corrected chi connectivity index (χ3v) is 2.82. The highest BCUT2D eigenvalue weighted by Crippen LogP contribution is 2.24. The molecule has 1 aromatic rings. The quantitative estimate of drug-likeness (QED) is 0.414. The van der Waals surface area contributed by atoms with Crippen LogP contribution in [0.5, 0.6) is 0 Å². The Kier molecular flexibility index (Phi) is 7.17. The van der Waals surface area contributed by atoms with E-state index in [2.05, 4.69) is 10.6 Å². The van der Waals surface area contributed by atoms with Crippen molar-refractivity contribution in [1.82, 2.24) is 5.32 Å². The van der Waals surface area contributed by atoms with E-state index in [1.165, 1.54) is 18.2 Å². The number of hydrogen-bond donors (Lipinski definition) is 2. The number of hydrogen-bond acceptors (Lipinski definition) is 5. The fourth-order valence-electron chi connectivity index (χ4n) is 1.76. The molecule has 0 spiro atoms. The number of nitro benzene ring substituents is 1. The van der Waals surface area contributed by atoms with Crippen molar-refractivity contribution in [3.63, 3.8) is 0 Å². The first kappa shape index (κ1) is 16.9. The van der Waals surface area contributed by atoms with Crippen LogP contribution in [0.4, 0.5) is 11.4 Å². The summed E-state index contributed by atoms with van der Waals surface area (Å²) in [6.07, 6.45) is 1.71. The van der Waals surface area contributed by atoms with Gasteiger partial charge in [0.05, 0.1) is 4.92 Å². The Bertz CT molecular complexity index is 491. The molecule has 0 atom stereocenters. The van der Waals surface area contributed by atoms with Crippen molar-refractivity contribution < 1.29 is 14.5 Å². The molecule has 21 heavy (non-hydrogen) atoms. The number of nitrogens with one attached hydrogen (secondary N) is 2. The molecule has 1 amide bonds. The Balaban J connectivity index is 2.53. The predicted octanol–water partition coefficient (Wildman–Crippen LogP) is 2.18. The Morgan fingerprint density at radius 2 is 2.14 bits per heavy atom. The van der Waals surface area contributed by atoms with Crippen LogP contribution in [0.1, 0.15) is 30.1 Å². The molecule has 1 rings (SSSR count). The zero-order valence-electron chi connectivity index (χ0n) is 12.3. The molecule has 7 nitrogen and oxygen atoms in total. The van der Waals surface area contributed by atoms with E-state index >= 15 is 0 Å². The lowest BCUT2D eigenvalue weighted by Gasteiger charge is -2.08. The lowest BCUT2D eigenvalue weighted by atomic mass is 10.1. The summed E-state index contributed by atoms with van der Waals surface area (Å²) in [5.74, 6) is -0.253. The second kappa shape index (κ2) is 8.91. The number of ether oxygens (including phenoxy) is 1. The smallest absolute Gasteiger partial charge is 0.292 e. The Morgan fingerprint density at radius 3 is 2.76 bits per heavy atom. The molecule has 0 aliphatic rings. The molecule has 2 N–H and O–H groups in total. The van der Waals surface area contributed by atoms with Crippen LogP contribution in [0, 0.1) is 10.1 Å². The van der Waals surface area contributed by atoms with Gasteiger partial charge in [-0.2, -0.15) is 0 Å². The standard InChI is InChI=1S/C14H21N3O4/c1-3-8-21-9-4-7-16-14(18)11-5-6-13(17(19)20)12(10-11)15-2/h5-6,10,15H,3-4,7-9H2,1-2H3,(H,16,18). The van der Waals surface area contributed by atoms with Crippen LogP contribution in [0.25, 0.3) is 0 Å². The number of amides is 1. The molecule has 7 heteroatoms. The highest BCUT2D eigenvalue weighted by molar-refractivity contribution is 5.95. The van der Waals surface area contributed by atoms with Gasteiger partial charge in [-0.3, -0.25) is 14.9 Å². The first-order chi connectivity index (χ1) is 10.1. The Hall–Kier alpha value is -2.15. The summed E-state index contributed by atoms with van der Waals surface area (Å²) in [5, 5.41) is 16.3. The second-order valence-electron chi connectivity index (χ2n) is 4.46. The summed E-state index contributed by atoms with van der Waals surface area (Å²) in [7, 11) is 1.58. The maximum atomic E-state index is 11.9. The number of nitro groups is 1. The third kappa shape index (κ3) is 5.39. The van der Waals surface area contributed by atoms with Crippen molar-refractivity contribution in [2.75, 3.05) is 32.1 Å². The van der Waals surface area contributed by atoms with Crippen LogP contribution >= 0.6 is 0 Å². The van der Waals surface area contributed by atoms with Gasteiger partial charge in [0.15, 0.2) is 0 Å². The average Bonchev–Trinajstić information content (AvgIpc) is 2.49. The summed E-state index contributed by atoms with van der Waals surface area (Å²) in [6.45, 7) is 3.88. The summed E-state index contributed by atoms with van der Waals surface area (Å²) in [4.78, 5) is 22.3. The number of carbonyl (C=O) groups is 1. The van der Waals surface area contributed by atoms with Gasteiger partial charge >= 0.3 is 0 Å². The fourth-order valence-corrected chi connectivity index (χ4v) is 1.76. The van der Waals surface area contributed by atoms with Crippen molar-refractivity contribution in [1.29, 1.82) is 0 Å². The van der Waals surface area contributed by atoms with E-state index in [1.807, 2.05) is 6.92 Å². The van der Waals surface area contributed by atoms with Crippen molar-refractivity contribution in [2.45, 2.75) is 19.8 Å². The van der Waals surface area contributed by atoms with Gasteiger partial charge < -0.3 is 15.4 Å². The number of anilines is 1. The van der Waals surface area contributed by atoms with Crippen LogP contribution in [-0.2, 0) is 4.74 Å². The molecular formula is C14H21N3O4. The van der Waals surface area contributed by atoms with Gasteiger partial charge in [-0.15, -0.1) is 0 Å². The van der Waals surface area contributed by atoms with E-state index in [1.54, 1.807) is 7.05 Å². The van der Waals surface area contributed by atoms with Gasteiger partial charge in [0.25, 0.3) is 11.6 Å². The van der Waals surface area contributed by atoms with Crippen molar-refractivity contribution in [3.05, 3.63) is 33.9 Å². The van der Waals surface area contributed by atoms with Gasteiger partial charge in [-0.25, -0.2) is 0 Å². The topological polar surface area (TPSA) is 93.5 Å². The highest BCUT2D eigenvalue weighted by atomic mass is 16.6. The molecule has 0 aliphatic carbocycles.